The maximum atomic E-state index is 12.1. The fourth-order valence-corrected chi connectivity index (χ4v) is 4.21. The molecule has 1 aromatic carbocycles. The highest BCUT2D eigenvalue weighted by atomic mass is 35.5. The number of benzene rings is 1. The van der Waals surface area contributed by atoms with Gasteiger partial charge in [-0.25, -0.2) is 0 Å². The van der Waals surface area contributed by atoms with Crippen LogP contribution in [-0.2, 0) is 10.5 Å². The van der Waals surface area contributed by atoms with Crippen LogP contribution in [0.2, 0.25) is 10.0 Å². The van der Waals surface area contributed by atoms with Gasteiger partial charge in [0, 0.05) is 34.6 Å². The Balaban J connectivity index is 1.66. The van der Waals surface area contributed by atoms with E-state index in [1.807, 2.05) is 18.2 Å². The Labute approximate surface area is 146 Å². The van der Waals surface area contributed by atoms with Gasteiger partial charge in [0.1, 0.15) is 0 Å². The SMILES string of the molecule is CN1CCCC(C(=O)NCCSCc2c(Cl)cccc2Cl)C1. The van der Waals surface area contributed by atoms with Gasteiger partial charge in [-0.1, -0.05) is 29.3 Å². The van der Waals surface area contributed by atoms with Crippen LogP contribution in [-0.4, -0.2) is 43.2 Å². The Bertz CT molecular complexity index is 493. The third kappa shape index (κ3) is 5.34. The Hall–Kier alpha value is -0.420. The molecular formula is C16H22Cl2N2OS. The molecule has 0 radical (unpaired) electrons. The van der Waals surface area contributed by atoms with Crippen LogP contribution >= 0.6 is 35.0 Å². The van der Waals surface area contributed by atoms with Crippen molar-refractivity contribution in [3.63, 3.8) is 0 Å². The summed E-state index contributed by atoms with van der Waals surface area (Å²) < 4.78 is 0. The summed E-state index contributed by atoms with van der Waals surface area (Å²) in [7, 11) is 2.07. The molecule has 22 heavy (non-hydrogen) atoms. The zero-order valence-electron chi connectivity index (χ0n) is 12.8. The van der Waals surface area contributed by atoms with Crippen LogP contribution in [0.3, 0.4) is 0 Å². The molecule has 1 unspecified atom stereocenters. The molecule has 1 fully saturated rings. The third-order valence-corrected chi connectivity index (χ3v) is 5.54. The van der Waals surface area contributed by atoms with Crippen molar-refractivity contribution in [2.75, 3.05) is 32.4 Å². The first kappa shape index (κ1) is 17.9. The molecule has 1 heterocycles. The molecule has 0 saturated carbocycles. The number of likely N-dealkylation sites (tertiary alicyclic amines) is 1. The van der Waals surface area contributed by atoms with Crippen molar-refractivity contribution in [1.82, 2.24) is 10.2 Å². The topological polar surface area (TPSA) is 32.3 Å². The molecule has 1 aliphatic heterocycles. The number of halogens is 2. The zero-order chi connectivity index (χ0) is 15.9. The summed E-state index contributed by atoms with van der Waals surface area (Å²) in [6.07, 6.45) is 2.10. The van der Waals surface area contributed by atoms with E-state index in [-0.39, 0.29) is 11.8 Å². The van der Waals surface area contributed by atoms with Gasteiger partial charge in [0.15, 0.2) is 0 Å². The number of carbonyl (C=O) groups excluding carboxylic acids is 1. The van der Waals surface area contributed by atoms with E-state index in [1.165, 1.54) is 0 Å². The van der Waals surface area contributed by atoms with E-state index >= 15 is 0 Å². The summed E-state index contributed by atoms with van der Waals surface area (Å²) in [6.45, 7) is 2.65. The van der Waals surface area contributed by atoms with Gasteiger partial charge in [0.2, 0.25) is 5.91 Å². The Kier molecular flexibility index (Phi) is 7.35. The molecule has 1 atom stereocenters. The van der Waals surface area contributed by atoms with Gasteiger partial charge in [-0.2, -0.15) is 11.8 Å². The molecule has 0 aliphatic carbocycles. The van der Waals surface area contributed by atoms with E-state index in [4.69, 9.17) is 23.2 Å². The summed E-state index contributed by atoms with van der Waals surface area (Å²) >= 11 is 14.0. The Morgan fingerprint density at radius 3 is 2.82 bits per heavy atom. The summed E-state index contributed by atoms with van der Waals surface area (Å²) in [4.78, 5) is 14.3. The van der Waals surface area contributed by atoms with E-state index in [1.54, 1.807) is 11.8 Å². The molecular weight excluding hydrogens is 339 g/mol. The number of thioether (sulfide) groups is 1. The van der Waals surface area contributed by atoms with Crippen molar-refractivity contribution < 1.29 is 4.79 Å². The maximum Gasteiger partial charge on any atom is 0.224 e. The predicted molar refractivity (Wildman–Crippen MR) is 95.9 cm³/mol. The second-order valence-corrected chi connectivity index (χ2v) is 7.56. The first-order valence-corrected chi connectivity index (χ1v) is 9.46. The molecule has 122 valence electrons. The van der Waals surface area contributed by atoms with Crippen LogP contribution in [0.4, 0.5) is 0 Å². The molecule has 1 aromatic rings. The van der Waals surface area contributed by atoms with E-state index in [0.717, 1.165) is 43.0 Å². The van der Waals surface area contributed by atoms with Crippen molar-refractivity contribution in [3.05, 3.63) is 33.8 Å². The fourth-order valence-electron chi connectivity index (χ4n) is 2.62. The monoisotopic (exact) mass is 360 g/mol. The third-order valence-electron chi connectivity index (χ3n) is 3.85. The van der Waals surface area contributed by atoms with Crippen molar-refractivity contribution >= 4 is 40.9 Å². The predicted octanol–water partition coefficient (Wildman–Crippen LogP) is 3.68. The van der Waals surface area contributed by atoms with Crippen LogP contribution in [0, 0.1) is 5.92 Å². The van der Waals surface area contributed by atoms with Gasteiger partial charge in [0.05, 0.1) is 5.92 Å². The second kappa shape index (κ2) is 9.02. The molecule has 0 spiro atoms. The number of piperidine rings is 1. The van der Waals surface area contributed by atoms with Gasteiger partial charge >= 0.3 is 0 Å². The summed E-state index contributed by atoms with van der Waals surface area (Å²) in [6, 6.07) is 5.55. The number of nitrogens with zero attached hydrogens (tertiary/aromatic N) is 1. The normalized spacial score (nSPS) is 19.1. The van der Waals surface area contributed by atoms with Crippen molar-refractivity contribution in [2.45, 2.75) is 18.6 Å². The molecule has 2 rings (SSSR count). The number of hydrogen-bond donors (Lipinski definition) is 1. The number of amides is 1. The average Bonchev–Trinajstić information content (AvgIpc) is 2.49. The standard InChI is InChI=1S/C16H22Cl2N2OS/c1-20-8-3-4-12(10-20)16(21)19-7-9-22-11-13-14(17)5-2-6-15(13)18/h2,5-6,12H,3-4,7-11H2,1H3,(H,19,21). The second-order valence-electron chi connectivity index (χ2n) is 5.65. The lowest BCUT2D eigenvalue weighted by Crippen LogP contribution is -2.41. The Morgan fingerprint density at radius 2 is 2.14 bits per heavy atom. The highest BCUT2D eigenvalue weighted by Crippen LogP contribution is 2.28. The van der Waals surface area contributed by atoms with Gasteiger partial charge < -0.3 is 10.2 Å². The number of carbonyl (C=O) groups is 1. The molecule has 1 amide bonds. The quantitative estimate of drug-likeness (QED) is 0.785. The molecule has 3 nitrogen and oxygen atoms in total. The first-order valence-electron chi connectivity index (χ1n) is 7.55. The van der Waals surface area contributed by atoms with Crippen LogP contribution < -0.4 is 5.32 Å². The molecule has 1 aliphatic rings. The smallest absolute Gasteiger partial charge is 0.224 e. The minimum absolute atomic E-state index is 0.141. The highest BCUT2D eigenvalue weighted by molar-refractivity contribution is 7.98. The average molecular weight is 361 g/mol. The molecule has 1 N–H and O–H groups in total. The summed E-state index contributed by atoms with van der Waals surface area (Å²) in [5.41, 5.74) is 0.969. The summed E-state index contributed by atoms with van der Waals surface area (Å²) in [5.74, 6) is 1.95. The van der Waals surface area contributed by atoms with Crippen LogP contribution in [0.5, 0.6) is 0 Å². The number of rotatable bonds is 6. The Morgan fingerprint density at radius 1 is 1.41 bits per heavy atom. The summed E-state index contributed by atoms with van der Waals surface area (Å²) in [5, 5.41) is 4.44. The van der Waals surface area contributed by atoms with E-state index in [9.17, 15) is 4.79 Å². The minimum atomic E-state index is 0.141. The molecule has 6 heteroatoms. The lowest BCUT2D eigenvalue weighted by Gasteiger charge is -2.28. The molecule has 0 bridgehead atoms. The van der Waals surface area contributed by atoms with Crippen molar-refractivity contribution in [1.29, 1.82) is 0 Å². The van der Waals surface area contributed by atoms with E-state index < -0.39 is 0 Å². The zero-order valence-corrected chi connectivity index (χ0v) is 15.1. The van der Waals surface area contributed by atoms with Crippen LogP contribution in [0.25, 0.3) is 0 Å². The highest BCUT2D eigenvalue weighted by Gasteiger charge is 2.23. The molecule has 1 saturated heterocycles. The van der Waals surface area contributed by atoms with E-state index in [2.05, 4.69) is 17.3 Å². The molecule has 0 aromatic heterocycles. The van der Waals surface area contributed by atoms with E-state index in [0.29, 0.717) is 16.6 Å². The van der Waals surface area contributed by atoms with Gasteiger partial charge in [0.25, 0.3) is 0 Å². The number of nitrogens with one attached hydrogen (secondary N) is 1. The van der Waals surface area contributed by atoms with Crippen molar-refractivity contribution in [3.8, 4) is 0 Å². The first-order chi connectivity index (χ1) is 10.6. The van der Waals surface area contributed by atoms with Crippen LogP contribution in [0.1, 0.15) is 18.4 Å². The lowest BCUT2D eigenvalue weighted by molar-refractivity contribution is -0.126. The van der Waals surface area contributed by atoms with Gasteiger partial charge in [-0.3, -0.25) is 4.79 Å². The van der Waals surface area contributed by atoms with Gasteiger partial charge in [-0.05, 0) is 44.1 Å². The number of hydrogen-bond acceptors (Lipinski definition) is 3. The lowest BCUT2D eigenvalue weighted by atomic mass is 9.98. The minimum Gasteiger partial charge on any atom is -0.355 e. The fraction of sp³-hybridized carbons (Fsp3) is 0.562. The largest absolute Gasteiger partial charge is 0.355 e. The van der Waals surface area contributed by atoms with Crippen molar-refractivity contribution in [2.24, 2.45) is 5.92 Å². The van der Waals surface area contributed by atoms with Gasteiger partial charge in [-0.15, -0.1) is 0 Å². The van der Waals surface area contributed by atoms with Crippen LogP contribution in [0.15, 0.2) is 18.2 Å². The maximum absolute atomic E-state index is 12.1.